The van der Waals surface area contributed by atoms with E-state index >= 15 is 0 Å². The zero-order chi connectivity index (χ0) is 21.2. The highest BCUT2D eigenvalue weighted by molar-refractivity contribution is 5.90. The van der Waals surface area contributed by atoms with Gasteiger partial charge in [-0.05, 0) is 23.1 Å². The zero-order valence-corrected chi connectivity index (χ0v) is 15.2. The number of nitrogens with two attached hydrogens (primary N) is 1. The van der Waals surface area contributed by atoms with Crippen LogP contribution in [0.4, 0.5) is 13.2 Å². The number of carboxylic acid groups (broad SMARTS) is 1. The molecule has 0 saturated heterocycles. The van der Waals surface area contributed by atoms with Gasteiger partial charge in [0.05, 0.1) is 6.54 Å². The normalized spacial score (nSPS) is 22.8. The lowest BCUT2D eigenvalue weighted by Crippen LogP contribution is -2.47. The number of halogens is 3. The maximum atomic E-state index is 12.8. The van der Waals surface area contributed by atoms with Crippen LogP contribution in [0.1, 0.15) is 29.0 Å². The van der Waals surface area contributed by atoms with Gasteiger partial charge in [-0.1, -0.05) is 54.6 Å². The monoisotopic (exact) mass is 408 g/mol. The summed E-state index contributed by atoms with van der Waals surface area (Å²) in [7, 11) is 0. The van der Waals surface area contributed by atoms with Gasteiger partial charge >= 0.3 is 12.1 Å². The molecule has 2 aliphatic rings. The second-order valence-electron chi connectivity index (χ2n) is 6.89. The SMILES string of the molecule is N[C@@]1(C(=O)N2Cc3ccccc3CO2)C[C@@H]1c1ccccc1.O=C(O)C(F)(F)F. The first-order valence-electron chi connectivity index (χ1n) is 8.78. The third-order valence-electron chi connectivity index (χ3n) is 4.88. The number of aliphatic carboxylic acids is 1. The van der Waals surface area contributed by atoms with Gasteiger partial charge in [-0.25, -0.2) is 9.86 Å². The predicted molar refractivity (Wildman–Crippen MR) is 96.2 cm³/mol. The minimum Gasteiger partial charge on any atom is -0.475 e. The summed E-state index contributed by atoms with van der Waals surface area (Å²) >= 11 is 0. The number of hydrogen-bond donors (Lipinski definition) is 2. The van der Waals surface area contributed by atoms with Crippen LogP contribution >= 0.6 is 0 Å². The van der Waals surface area contributed by atoms with Crippen molar-refractivity contribution >= 4 is 11.9 Å². The fraction of sp³-hybridized carbons (Fsp3) is 0.300. The number of hydroxylamine groups is 2. The Morgan fingerprint density at radius 2 is 1.62 bits per heavy atom. The summed E-state index contributed by atoms with van der Waals surface area (Å²) < 4.78 is 31.7. The molecule has 3 N–H and O–H groups in total. The van der Waals surface area contributed by atoms with E-state index in [1.165, 1.54) is 5.06 Å². The van der Waals surface area contributed by atoms with Gasteiger partial charge in [0, 0.05) is 5.92 Å². The van der Waals surface area contributed by atoms with Crippen LogP contribution in [0.25, 0.3) is 0 Å². The van der Waals surface area contributed by atoms with Crippen LogP contribution in [0, 0.1) is 0 Å². The Kier molecular flexibility index (Phi) is 5.63. The van der Waals surface area contributed by atoms with Crippen LogP contribution < -0.4 is 5.73 Å². The smallest absolute Gasteiger partial charge is 0.475 e. The van der Waals surface area contributed by atoms with Gasteiger partial charge in [-0.3, -0.25) is 9.63 Å². The minimum absolute atomic E-state index is 0.0852. The minimum atomic E-state index is -5.08. The average molecular weight is 408 g/mol. The molecule has 1 amide bonds. The Morgan fingerprint density at radius 3 is 2.21 bits per heavy atom. The summed E-state index contributed by atoms with van der Waals surface area (Å²) in [5.74, 6) is -2.79. The lowest BCUT2D eigenvalue weighted by Gasteiger charge is -2.30. The number of amides is 1. The highest BCUT2D eigenvalue weighted by atomic mass is 19.4. The number of benzene rings is 2. The molecule has 0 spiro atoms. The number of carbonyl (C=O) groups is 2. The number of alkyl halides is 3. The molecule has 2 aromatic carbocycles. The first-order valence-corrected chi connectivity index (χ1v) is 8.78. The summed E-state index contributed by atoms with van der Waals surface area (Å²) in [5.41, 5.74) is 8.90. The van der Waals surface area contributed by atoms with Gasteiger partial charge in [-0.2, -0.15) is 13.2 Å². The van der Waals surface area contributed by atoms with E-state index in [4.69, 9.17) is 20.5 Å². The molecule has 0 aromatic heterocycles. The van der Waals surface area contributed by atoms with Crippen LogP contribution in [0.2, 0.25) is 0 Å². The second-order valence-corrected chi connectivity index (χ2v) is 6.89. The fourth-order valence-corrected chi connectivity index (χ4v) is 3.18. The Bertz CT molecular complexity index is 904. The molecule has 2 atom stereocenters. The average Bonchev–Trinajstić information content (AvgIpc) is 3.40. The van der Waals surface area contributed by atoms with Gasteiger partial charge in [0.1, 0.15) is 12.1 Å². The maximum Gasteiger partial charge on any atom is 0.490 e. The van der Waals surface area contributed by atoms with E-state index in [-0.39, 0.29) is 11.8 Å². The highest BCUT2D eigenvalue weighted by Gasteiger charge is 2.59. The van der Waals surface area contributed by atoms with Crippen molar-refractivity contribution in [3.63, 3.8) is 0 Å². The standard InChI is InChI=1S/C18H18N2O2.C2HF3O2/c19-18(10-16(18)13-6-2-1-3-7-13)17(21)20-11-14-8-4-5-9-15(14)12-22-20;3-2(4,5)1(6)7/h1-9,16H,10-12,19H2;(H,6,7)/t16-,18+;/m1./s1. The Hall–Kier alpha value is -2.91. The van der Waals surface area contributed by atoms with E-state index in [1.807, 2.05) is 54.6 Å². The number of carbonyl (C=O) groups excluding carboxylic acids is 1. The molecule has 6 nitrogen and oxygen atoms in total. The molecule has 1 aliphatic carbocycles. The van der Waals surface area contributed by atoms with E-state index in [1.54, 1.807) is 0 Å². The Morgan fingerprint density at radius 1 is 1.07 bits per heavy atom. The van der Waals surface area contributed by atoms with E-state index in [0.29, 0.717) is 19.6 Å². The van der Waals surface area contributed by atoms with E-state index in [2.05, 4.69) is 0 Å². The Labute approximate surface area is 164 Å². The molecule has 0 unspecified atom stereocenters. The summed E-state index contributed by atoms with van der Waals surface area (Å²) in [6, 6.07) is 18.0. The molecule has 1 saturated carbocycles. The molecule has 154 valence electrons. The van der Waals surface area contributed by atoms with Crippen LogP contribution in [-0.2, 0) is 27.6 Å². The molecule has 1 aliphatic heterocycles. The second kappa shape index (κ2) is 7.84. The topological polar surface area (TPSA) is 92.9 Å². The molecule has 4 rings (SSSR count). The molecular formula is C20H19F3N2O4. The summed E-state index contributed by atoms with van der Waals surface area (Å²) in [6.07, 6.45) is -4.41. The largest absolute Gasteiger partial charge is 0.490 e. The first kappa shape index (κ1) is 20.8. The van der Waals surface area contributed by atoms with E-state index < -0.39 is 17.7 Å². The fourth-order valence-electron chi connectivity index (χ4n) is 3.18. The molecule has 1 heterocycles. The number of fused-ring (bicyclic) bond motifs is 1. The van der Waals surface area contributed by atoms with Gasteiger partial charge in [-0.15, -0.1) is 0 Å². The van der Waals surface area contributed by atoms with Crippen molar-refractivity contribution in [1.29, 1.82) is 0 Å². The molecule has 0 radical (unpaired) electrons. The van der Waals surface area contributed by atoms with Gasteiger partial charge < -0.3 is 10.8 Å². The zero-order valence-electron chi connectivity index (χ0n) is 15.2. The van der Waals surface area contributed by atoms with Crippen LogP contribution in [0.5, 0.6) is 0 Å². The van der Waals surface area contributed by atoms with Crippen molar-refractivity contribution < 1.29 is 32.7 Å². The number of rotatable bonds is 2. The molecule has 0 bridgehead atoms. The van der Waals surface area contributed by atoms with Crippen LogP contribution in [0.15, 0.2) is 54.6 Å². The Balaban J connectivity index is 0.000000298. The predicted octanol–water partition coefficient (Wildman–Crippen LogP) is 2.98. The molecule has 2 aromatic rings. The first-order chi connectivity index (χ1) is 13.6. The van der Waals surface area contributed by atoms with Gasteiger partial charge in [0.2, 0.25) is 0 Å². The van der Waals surface area contributed by atoms with Crippen LogP contribution in [0.3, 0.4) is 0 Å². The third kappa shape index (κ3) is 4.57. The molecule has 9 heteroatoms. The number of nitrogens with zero attached hydrogens (tertiary/aromatic N) is 1. The molecular weight excluding hydrogens is 389 g/mol. The quantitative estimate of drug-likeness (QED) is 0.797. The van der Waals surface area contributed by atoms with Crippen LogP contribution in [-0.4, -0.2) is 33.8 Å². The summed E-state index contributed by atoms with van der Waals surface area (Å²) in [6.45, 7) is 0.892. The van der Waals surface area contributed by atoms with Gasteiger partial charge in [0.25, 0.3) is 5.91 Å². The number of carboxylic acids is 1. The summed E-state index contributed by atoms with van der Waals surface area (Å²) in [5, 5.41) is 8.56. The maximum absolute atomic E-state index is 12.8. The van der Waals surface area contributed by atoms with E-state index in [0.717, 1.165) is 16.7 Å². The molecule has 29 heavy (non-hydrogen) atoms. The van der Waals surface area contributed by atoms with Crippen molar-refractivity contribution in [2.24, 2.45) is 5.73 Å². The van der Waals surface area contributed by atoms with E-state index in [9.17, 15) is 18.0 Å². The lowest BCUT2D eigenvalue weighted by atomic mass is 10.0. The van der Waals surface area contributed by atoms with Crippen molar-refractivity contribution in [2.75, 3.05) is 0 Å². The van der Waals surface area contributed by atoms with Crippen molar-refractivity contribution in [1.82, 2.24) is 5.06 Å². The van der Waals surface area contributed by atoms with Crippen molar-refractivity contribution in [2.45, 2.75) is 37.2 Å². The molecule has 1 fully saturated rings. The van der Waals surface area contributed by atoms with Gasteiger partial charge in [0.15, 0.2) is 0 Å². The third-order valence-corrected chi connectivity index (χ3v) is 4.88. The highest BCUT2D eigenvalue weighted by Crippen LogP contribution is 2.50. The van der Waals surface area contributed by atoms with Crippen molar-refractivity contribution in [3.05, 3.63) is 71.3 Å². The lowest BCUT2D eigenvalue weighted by molar-refractivity contribution is -0.203. The number of hydrogen-bond acceptors (Lipinski definition) is 4. The van der Waals surface area contributed by atoms with Crippen molar-refractivity contribution in [3.8, 4) is 0 Å². The summed E-state index contributed by atoms with van der Waals surface area (Å²) in [4.78, 5) is 27.3.